The minimum absolute atomic E-state index is 0.111. The largest absolute Gasteiger partial charge is 0.497 e. The maximum atomic E-state index is 11.8. The summed E-state index contributed by atoms with van der Waals surface area (Å²) in [5, 5.41) is 0. The van der Waals surface area contributed by atoms with Crippen molar-refractivity contribution in [2.24, 2.45) is 0 Å². The second-order valence-electron chi connectivity index (χ2n) is 3.11. The second kappa shape index (κ2) is 3.66. The molecule has 78 valence electrons. The number of hydrogen-bond acceptors (Lipinski definition) is 3. The zero-order valence-electron chi connectivity index (χ0n) is 8.32. The van der Waals surface area contributed by atoms with Gasteiger partial charge >= 0.3 is 0 Å². The van der Waals surface area contributed by atoms with Gasteiger partial charge < -0.3 is 4.74 Å². The van der Waals surface area contributed by atoms with E-state index in [1.165, 1.54) is 4.40 Å². The predicted octanol–water partition coefficient (Wildman–Crippen LogP) is 1.77. The molecule has 2 aromatic rings. The van der Waals surface area contributed by atoms with Gasteiger partial charge in [-0.3, -0.25) is 9.20 Å². The Morgan fingerprint density at radius 2 is 2.27 bits per heavy atom. The fraction of sp³-hybridized carbons (Fsp3) is 0.200. The summed E-state index contributed by atoms with van der Waals surface area (Å²) in [6.07, 6.45) is 1.65. The van der Waals surface area contributed by atoms with Crippen LogP contribution in [0, 0.1) is 6.92 Å². The number of halogens is 1. The van der Waals surface area contributed by atoms with Crippen molar-refractivity contribution in [3.05, 3.63) is 38.9 Å². The Balaban J connectivity index is 2.86. The Labute approximate surface area is 94.7 Å². The lowest BCUT2D eigenvalue weighted by Gasteiger charge is -2.05. The van der Waals surface area contributed by atoms with E-state index in [1.54, 1.807) is 32.4 Å². The van der Waals surface area contributed by atoms with Gasteiger partial charge in [-0.25, -0.2) is 4.98 Å². The smallest absolute Gasteiger partial charge is 0.272 e. The van der Waals surface area contributed by atoms with Gasteiger partial charge in [0.2, 0.25) is 0 Å². The molecule has 0 aliphatic rings. The maximum Gasteiger partial charge on any atom is 0.272 e. The number of rotatable bonds is 1. The van der Waals surface area contributed by atoms with Crippen LogP contribution in [0.2, 0.25) is 0 Å². The monoisotopic (exact) mass is 268 g/mol. The number of pyridine rings is 1. The van der Waals surface area contributed by atoms with E-state index >= 15 is 0 Å². The van der Waals surface area contributed by atoms with Crippen molar-refractivity contribution in [3.8, 4) is 5.75 Å². The van der Waals surface area contributed by atoms with Gasteiger partial charge in [0.15, 0.2) is 0 Å². The van der Waals surface area contributed by atoms with Crippen LogP contribution >= 0.6 is 15.9 Å². The Bertz CT molecular complexity index is 577. The highest BCUT2D eigenvalue weighted by Gasteiger charge is 2.06. The molecule has 0 N–H and O–H groups in total. The summed E-state index contributed by atoms with van der Waals surface area (Å²) in [5.74, 6) is 0.684. The summed E-state index contributed by atoms with van der Waals surface area (Å²) in [4.78, 5) is 16.1. The molecule has 0 saturated heterocycles. The molecule has 0 spiro atoms. The van der Waals surface area contributed by atoms with Crippen molar-refractivity contribution in [3.63, 3.8) is 0 Å². The average Bonchev–Trinajstić information content (AvgIpc) is 2.25. The van der Waals surface area contributed by atoms with E-state index < -0.39 is 0 Å². The van der Waals surface area contributed by atoms with Crippen LogP contribution in [-0.4, -0.2) is 16.5 Å². The molecule has 0 aliphatic heterocycles. The zero-order chi connectivity index (χ0) is 11.0. The molecular weight excluding hydrogens is 260 g/mol. The minimum atomic E-state index is -0.111. The third-order valence-corrected chi connectivity index (χ3v) is 3.06. The van der Waals surface area contributed by atoms with Crippen LogP contribution in [0.4, 0.5) is 0 Å². The first-order valence-corrected chi connectivity index (χ1v) is 5.15. The van der Waals surface area contributed by atoms with Gasteiger partial charge in [-0.2, -0.15) is 0 Å². The van der Waals surface area contributed by atoms with E-state index in [4.69, 9.17) is 4.74 Å². The average molecular weight is 269 g/mol. The van der Waals surface area contributed by atoms with Gasteiger partial charge in [0.05, 0.1) is 12.8 Å². The molecule has 0 bridgehead atoms. The highest BCUT2D eigenvalue weighted by Crippen LogP contribution is 2.14. The first-order chi connectivity index (χ1) is 7.13. The van der Waals surface area contributed by atoms with Gasteiger partial charge in [0.1, 0.15) is 15.9 Å². The first-order valence-electron chi connectivity index (χ1n) is 4.36. The van der Waals surface area contributed by atoms with Crippen molar-refractivity contribution in [2.75, 3.05) is 7.11 Å². The molecule has 0 aromatic carbocycles. The lowest BCUT2D eigenvalue weighted by atomic mass is 10.4. The molecule has 0 amide bonds. The molecule has 5 heteroatoms. The molecule has 0 atom stereocenters. The number of hydrogen-bond donors (Lipinski definition) is 0. The van der Waals surface area contributed by atoms with Crippen molar-refractivity contribution < 1.29 is 4.74 Å². The van der Waals surface area contributed by atoms with Crippen LogP contribution in [0.25, 0.3) is 5.65 Å². The Morgan fingerprint density at radius 1 is 1.53 bits per heavy atom. The zero-order valence-corrected chi connectivity index (χ0v) is 9.91. The predicted molar refractivity (Wildman–Crippen MR) is 60.5 cm³/mol. The number of aromatic nitrogens is 2. The Morgan fingerprint density at radius 3 is 2.93 bits per heavy atom. The molecular formula is C10H9BrN2O2. The van der Waals surface area contributed by atoms with E-state index in [2.05, 4.69) is 20.9 Å². The highest BCUT2D eigenvalue weighted by atomic mass is 79.9. The summed E-state index contributed by atoms with van der Waals surface area (Å²) in [6.45, 7) is 1.78. The summed E-state index contributed by atoms with van der Waals surface area (Å²) in [7, 11) is 1.58. The lowest BCUT2D eigenvalue weighted by Crippen LogP contribution is -2.16. The third-order valence-electron chi connectivity index (χ3n) is 2.15. The van der Waals surface area contributed by atoms with E-state index in [1.807, 2.05) is 0 Å². The number of nitrogens with zero attached hydrogens (tertiary/aromatic N) is 2. The van der Waals surface area contributed by atoms with E-state index in [0.29, 0.717) is 21.6 Å². The van der Waals surface area contributed by atoms with Gasteiger partial charge in [-0.15, -0.1) is 0 Å². The van der Waals surface area contributed by atoms with Gasteiger partial charge in [0.25, 0.3) is 5.56 Å². The van der Waals surface area contributed by atoms with Crippen LogP contribution in [0.3, 0.4) is 0 Å². The topological polar surface area (TPSA) is 43.6 Å². The molecule has 2 heterocycles. The number of fused-ring (bicyclic) bond motifs is 1. The molecule has 2 rings (SSSR count). The normalized spacial score (nSPS) is 10.6. The fourth-order valence-electron chi connectivity index (χ4n) is 1.34. The fourth-order valence-corrected chi connectivity index (χ4v) is 1.62. The third kappa shape index (κ3) is 1.63. The Kier molecular flexibility index (Phi) is 2.48. The lowest BCUT2D eigenvalue weighted by molar-refractivity contribution is 0.414. The van der Waals surface area contributed by atoms with Crippen molar-refractivity contribution >= 4 is 21.6 Å². The molecule has 0 radical (unpaired) electrons. The van der Waals surface area contributed by atoms with E-state index in [9.17, 15) is 4.79 Å². The summed E-state index contributed by atoms with van der Waals surface area (Å²) < 4.78 is 7.03. The van der Waals surface area contributed by atoms with Gasteiger partial charge in [-0.05, 0) is 28.9 Å². The van der Waals surface area contributed by atoms with Crippen LogP contribution < -0.4 is 10.3 Å². The highest BCUT2D eigenvalue weighted by molar-refractivity contribution is 9.10. The maximum absolute atomic E-state index is 11.8. The van der Waals surface area contributed by atoms with Crippen LogP contribution in [0.5, 0.6) is 5.75 Å². The number of ether oxygens (including phenoxy) is 1. The van der Waals surface area contributed by atoms with E-state index in [0.717, 1.165) is 0 Å². The van der Waals surface area contributed by atoms with Crippen molar-refractivity contribution in [1.82, 2.24) is 9.38 Å². The second-order valence-corrected chi connectivity index (χ2v) is 3.90. The molecule has 15 heavy (non-hydrogen) atoms. The van der Waals surface area contributed by atoms with Crippen molar-refractivity contribution in [1.29, 1.82) is 0 Å². The van der Waals surface area contributed by atoms with Gasteiger partial charge in [0, 0.05) is 12.3 Å². The summed E-state index contributed by atoms with van der Waals surface area (Å²) in [5.41, 5.74) is 1.15. The van der Waals surface area contributed by atoms with Crippen molar-refractivity contribution in [2.45, 2.75) is 6.92 Å². The minimum Gasteiger partial charge on any atom is -0.497 e. The number of methoxy groups -OCH3 is 1. The van der Waals surface area contributed by atoms with Crippen LogP contribution in [-0.2, 0) is 0 Å². The molecule has 2 aromatic heterocycles. The first kappa shape index (κ1) is 10.2. The molecule has 4 nitrogen and oxygen atoms in total. The number of aryl methyl sites for hydroxylation is 1. The van der Waals surface area contributed by atoms with E-state index in [-0.39, 0.29) is 5.56 Å². The summed E-state index contributed by atoms with van der Waals surface area (Å²) >= 11 is 3.21. The quantitative estimate of drug-likeness (QED) is 0.792. The summed E-state index contributed by atoms with van der Waals surface area (Å²) in [6, 6.07) is 3.44. The van der Waals surface area contributed by atoms with Gasteiger partial charge in [-0.1, -0.05) is 0 Å². The molecule has 0 aliphatic carbocycles. The molecule has 0 saturated carbocycles. The van der Waals surface area contributed by atoms with Crippen LogP contribution in [0.15, 0.2) is 27.6 Å². The van der Waals surface area contributed by atoms with Crippen LogP contribution in [0.1, 0.15) is 5.69 Å². The molecule has 0 unspecified atom stereocenters. The SMILES string of the molecule is COc1ccn2c(=O)c(Br)c(C)nc2c1. The molecule has 0 fully saturated rings. The standard InChI is InChI=1S/C10H9BrN2O2/c1-6-9(11)10(14)13-4-3-7(15-2)5-8(13)12-6/h3-5H,1-2H3. The Hall–Kier alpha value is -1.36.